The van der Waals surface area contributed by atoms with Gasteiger partial charge in [-0.15, -0.1) is 0 Å². The standard InChI is InChI=1S/C24H21ClN4O3/c1-14-11-15(32-2)7-8-16(14)23(30)28-10-9-18-21(13-28)26-22-12-20(27-29(22)24(18)31)17-5-3-4-6-19(17)25/h3-8,11-12,27H,9-10,13H2,1-2H3. The quantitative estimate of drug-likeness (QED) is 0.516. The molecule has 162 valence electrons. The van der Waals surface area contributed by atoms with Crippen LogP contribution in [0.15, 0.2) is 53.3 Å². The zero-order chi connectivity index (χ0) is 22.4. The third kappa shape index (κ3) is 3.35. The van der Waals surface area contributed by atoms with E-state index < -0.39 is 0 Å². The molecule has 32 heavy (non-hydrogen) atoms. The zero-order valence-corrected chi connectivity index (χ0v) is 18.4. The highest BCUT2D eigenvalue weighted by Crippen LogP contribution is 2.27. The van der Waals surface area contributed by atoms with Crippen LogP contribution >= 0.6 is 11.6 Å². The maximum absolute atomic E-state index is 13.2. The molecule has 2 aromatic carbocycles. The van der Waals surface area contributed by atoms with Crippen LogP contribution in [0.2, 0.25) is 5.02 Å². The molecule has 0 unspecified atom stereocenters. The number of methoxy groups -OCH3 is 1. The first kappa shape index (κ1) is 20.3. The predicted molar refractivity (Wildman–Crippen MR) is 122 cm³/mol. The van der Waals surface area contributed by atoms with E-state index in [-0.39, 0.29) is 18.0 Å². The van der Waals surface area contributed by atoms with Gasteiger partial charge in [-0.3, -0.25) is 14.7 Å². The first-order valence-electron chi connectivity index (χ1n) is 10.3. The number of hydrogen-bond donors (Lipinski definition) is 1. The Morgan fingerprint density at radius 1 is 1.19 bits per heavy atom. The Hall–Kier alpha value is -3.58. The molecule has 5 rings (SSSR count). The maximum Gasteiger partial charge on any atom is 0.276 e. The summed E-state index contributed by atoms with van der Waals surface area (Å²) in [6.07, 6.45) is 0.450. The summed E-state index contributed by atoms with van der Waals surface area (Å²) in [6.45, 7) is 2.63. The number of nitrogens with zero attached hydrogens (tertiary/aromatic N) is 3. The number of benzene rings is 2. The average molecular weight is 449 g/mol. The van der Waals surface area contributed by atoms with Crippen molar-refractivity contribution in [2.24, 2.45) is 0 Å². The molecule has 0 saturated carbocycles. The van der Waals surface area contributed by atoms with Crippen molar-refractivity contribution in [3.05, 3.63) is 86.3 Å². The number of H-pyrrole nitrogens is 1. The summed E-state index contributed by atoms with van der Waals surface area (Å²) in [5.41, 5.74) is 4.59. The van der Waals surface area contributed by atoms with Crippen LogP contribution in [0.1, 0.15) is 27.2 Å². The first-order valence-corrected chi connectivity index (χ1v) is 10.7. The van der Waals surface area contributed by atoms with E-state index in [2.05, 4.69) is 5.10 Å². The molecular weight excluding hydrogens is 428 g/mol. The molecule has 3 heterocycles. The summed E-state index contributed by atoms with van der Waals surface area (Å²) in [5.74, 6) is 0.630. The van der Waals surface area contributed by atoms with Crippen molar-refractivity contribution < 1.29 is 9.53 Å². The first-order chi connectivity index (χ1) is 15.5. The second-order valence-electron chi connectivity index (χ2n) is 7.84. The van der Waals surface area contributed by atoms with Gasteiger partial charge in [-0.2, -0.15) is 0 Å². The molecule has 4 aromatic rings. The summed E-state index contributed by atoms with van der Waals surface area (Å²) in [5, 5.41) is 3.70. The van der Waals surface area contributed by atoms with Crippen molar-refractivity contribution in [1.29, 1.82) is 0 Å². The van der Waals surface area contributed by atoms with Crippen molar-refractivity contribution in [2.45, 2.75) is 19.9 Å². The van der Waals surface area contributed by atoms with Crippen LogP contribution in [0.25, 0.3) is 16.9 Å². The lowest BCUT2D eigenvalue weighted by Gasteiger charge is -2.28. The highest BCUT2D eigenvalue weighted by molar-refractivity contribution is 6.33. The highest BCUT2D eigenvalue weighted by Gasteiger charge is 2.27. The number of rotatable bonds is 3. The maximum atomic E-state index is 13.2. The van der Waals surface area contributed by atoms with Crippen molar-refractivity contribution in [2.75, 3.05) is 13.7 Å². The van der Waals surface area contributed by atoms with E-state index in [0.29, 0.717) is 51.9 Å². The third-order valence-electron chi connectivity index (χ3n) is 5.88. The van der Waals surface area contributed by atoms with Gasteiger partial charge < -0.3 is 9.64 Å². The van der Waals surface area contributed by atoms with Gasteiger partial charge >= 0.3 is 0 Å². The predicted octanol–water partition coefficient (Wildman–Crippen LogP) is 3.86. The van der Waals surface area contributed by atoms with E-state index in [4.69, 9.17) is 21.3 Å². The molecular formula is C24H21ClN4O3. The molecule has 8 heteroatoms. The Morgan fingerprint density at radius 3 is 2.75 bits per heavy atom. The molecule has 1 N–H and O–H groups in total. The van der Waals surface area contributed by atoms with Crippen molar-refractivity contribution in [1.82, 2.24) is 19.5 Å². The molecule has 7 nitrogen and oxygen atoms in total. The molecule has 0 atom stereocenters. The number of amides is 1. The van der Waals surface area contributed by atoms with Gasteiger partial charge in [-0.25, -0.2) is 9.50 Å². The number of nitrogens with one attached hydrogen (secondary N) is 1. The van der Waals surface area contributed by atoms with Crippen molar-refractivity contribution >= 4 is 23.2 Å². The Morgan fingerprint density at radius 2 is 2.00 bits per heavy atom. The lowest BCUT2D eigenvalue weighted by molar-refractivity contribution is 0.0730. The van der Waals surface area contributed by atoms with E-state index >= 15 is 0 Å². The molecule has 0 bridgehead atoms. The fraction of sp³-hybridized carbons (Fsp3) is 0.208. The van der Waals surface area contributed by atoms with Crippen LogP contribution < -0.4 is 10.3 Å². The smallest absolute Gasteiger partial charge is 0.276 e. The number of halogens is 1. The van der Waals surface area contributed by atoms with Gasteiger partial charge in [0.1, 0.15) is 5.75 Å². The topological polar surface area (TPSA) is 79.7 Å². The normalized spacial score (nSPS) is 13.3. The molecule has 0 radical (unpaired) electrons. The Bertz CT molecular complexity index is 1420. The van der Waals surface area contributed by atoms with Gasteiger partial charge in [0.15, 0.2) is 5.65 Å². The number of ether oxygens (including phenoxy) is 1. The van der Waals surface area contributed by atoms with Crippen molar-refractivity contribution in [3.8, 4) is 17.0 Å². The Labute approximate surface area is 189 Å². The molecule has 1 aliphatic heterocycles. The van der Waals surface area contributed by atoms with E-state index in [0.717, 1.165) is 11.1 Å². The number of carbonyl (C=O) groups excluding carboxylic acids is 1. The van der Waals surface area contributed by atoms with Crippen LogP contribution in [0.5, 0.6) is 5.75 Å². The lowest BCUT2D eigenvalue weighted by Crippen LogP contribution is -2.40. The largest absolute Gasteiger partial charge is 0.497 e. The monoisotopic (exact) mass is 448 g/mol. The van der Waals surface area contributed by atoms with Crippen LogP contribution in [-0.4, -0.2) is 39.1 Å². The SMILES string of the molecule is COc1ccc(C(=O)N2CCc3c(nc4cc(-c5ccccc5Cl)[nH]n4c3=O)C2)c(C)c1. The molecule has 1 aliphatic rings. The molecule has 0 spiro atoms. The van der Waals surface area contributed by atoms with Crippen LogP contribution in [0, 0.1) is 6.92 Å². The van der Waals surface area contributed by atoms with Crippen LogP contribution in [0.4, 0.5) is 0 Å². The van der Waals surface area contributed by atoms with Crippen LogP contribution in [0.3, 0.4) is 0 Å². The summed E-state index contributed by atoms with van der Waals surface area (Å²) >= 11 is 6.32. The minimum absolute atomic E-state index is 0.0800. The summed E-state index contributed by atoms with van der Waals surface area (Å²) in [6, 6.07) is 14.6. The third-order valence-corrected chi connectivity index (χ3v) is 6.21. The van der Waals surface area contributed by atoms with Crippen molar-refractivity contribution in [3.63, 3.8) is 0 Å². The Kier molecular flexibility index (Phi) is 4.98. The minimum atomic E-state index is -0.143. The highest BCUT2D eigenvalue weighted by atomic mass is 35.5. The van der Waals surface area contributed by atoms with Gasteiger partial charge in [0.2, 0.25) is 0 Å². The zero-order valence-electron chi connectivity index (χ0n) is 17.7. The summed E-state index contributed by atoms with van der Waals surface area (Å²) in [7, 11) is 1.60. The minimum Gasteiger partial charge on any atom is -0.497 e. The van der Waals surface area contributed by atoms with Gasteiger partial charge in [-0.1, -0.05) is 29.8 Å². The van der Waals surface area contributed by atoms with Gasteiger partial charge in [0, 0.05) is 34.3 Å². The number of aromatic nitrogens is 3. The Balaban J connectivity index is 1.50. The summed E-state index contributed by atoms with van der Waals surface area (Å²) in [4.78, 5) is 32.7. The molecule has 1 amide bonds. The fourth-order valence-corrected chi connectivity index (χ4v) is 4.40. The van der Waals surface area contributed by atoms with E-state index in [1.54, 1.807) is 36.3 Å². The number of aromatic amines is 1. The van der Waals surface area contributed by atoms with E-state index in [9.17, 15) is 9.59 Å². The number of hydrogen-bond acceptors (Lipinski definition) is 4. The fourth-order valence-electron chi connectivity index (χ4n) is 4.16. The molecule has 0 saturated heterocycles. The van der Waals surface area contributed by atoms with Gasteiger partial charge in [-0.05, 0) is 43.2 Å². The second-order valence-corrected chi connectivity index (χ2v) is 8.25. The van der Waals surface area contributed by atoms with E-state index in [1.165, 1.54) is 4.52 Å². The molecule has 0 aliphatic carbocycles. The number of fused-ring (bicyclic) bond motifs is 2. The molecule has 2 aromatic heterocycles. The van der Waals surface area contributed by atoms with E-state index in [1.807, 2.05) is 31.2 Å². The second kappa shape index (κ2) is 7.84. The van der Waals surface area contributed by atoms with Gasteiger partial charge in [0.05, 0.1) is 25.0 Å². The van der Waals surface area contributed by atoms with Crippen LogP contribution in [-0.2, 0) is 13.0 Å². The summed E-state index contributed by atoms with van der Waals surface area (Å²) < 4.78 is 6.68. The number of aryl methyl sites for hydroxylation is 1. The lowest BCUT2D eigenvalue weighted by atomic mass is 10.0. The average Bonchev–Trinajstić information content (AvgIpc) is 3.22. The number of carbonyl (C=O) groups is 1. The van der Waals surface area contributed by atoms with Gasteiger partial charge in [0.25, 0.3) is 11.5 Å². The molecule has 0 fully saturated rings.